The lowest BCUT2D eigenvalue weighted by Crippen LogP contribution is -2.52. The first-order chi connectivity index (χ1) is 17.7. The smallest absolute Gasteiger partial charge is 0.410 e. The first-order valence-electron chi connectivity index (χ1n) is 11.4. The van der Waals surface area contributed by atoms with Crippen molar-refractivity contribution in [2.45, 2.75) is 25.4 Å². The molecule has 1 N–H and O–H groups in total. The molecule has 0 aliphatic carbocycles. The Bertz CT molecular complexity index is 1440. The molecule has 0 saturated carbocycles. The average molecular weight is 506 g/mol. The fraction of sp³-hybridized carbons (Fsp3) is 0.192. The fourth-order valence-corrected chi connectivity index (χ4v) is 4.34. The van der Waals surface area contributed by atoms with Crippen LogP contribution in [-0.4, -0.2) is 46.8 Å². The topological polar surface area (TPSA) is 109 Å². The number of nitrogens with one attached hydrogen (secondary N) is 1. The van der Waals surface area contributed by atoms with Crippen molar-refractivity contribution < 1.29 is 32.7 Å². The summed E-state index contributed by atoms with van der Waals surface area (Å²) in [5.41, 5.74) is 1.08. The maximum absolute atomic E-state index is 14.9. The van der Waals surface area contributed by atoms with E-state index in [9.17, 15) is 28.0 Å². The van der Waals surface area contributed by atoms with E-state index in [2.05, 4.69) is 10.3 Å². The molecule has 5 rings (SSSR count). The fourth-order valence-electron chi connectivity index (χ4n) is 4.34. The predicted molar refractivity (Wildman–Crippen MR) is 127 cm³/mol. The summed E-state index contributed by atoms with van der Waals surface area (Å²) >= 11 is 0. The van der Waals surface area contributed by atoms with Gasteiger partial charge in [0.05, 0.1) is 29.7 Å². The van der Waals surface area contributed by atoms with Gasteiger partial charge < -0.3 is 9.64 Å². The van der Waals surface area contributed by atoms with Gasteiger partial charge in [-0.05, 0) is 36.8 Å². The molecule has 188 valence electrons. The number of hydrogen-bond acceptors (Lipinski definition) is 6. The van der Waals surface area contributed by atoms with Gasteiger partial charge in [-0.15, -0.1) is 0 Å². The van der Waals surface area contributed by atoms with E-state index in [0.29, 0.717) is 16.9 Å². The largest absolute Gasteiger partial charge is 0.419 e. The molecule has 1 fully saturated rings. The number of carbonyl (C=O) groups is 4. The summed E-state index contributed by atoms with van der Waals surface area (Å²) in [6, 6.07) is 10.6. The van der Waals surface area contributed by atoms with E-state index >= 15 is 0 Å². The van der Waals surface area contributed by atoms with Crippen LogP contribution >= 0.6 is 0 Å². The number of pyridine rings is 1. The molecule has 4 amide bonds. The van der Waals surface area contributed by atoms with Gasteiger partial charge in [0.2, 0.25) is 11.8 Å². The molecule has 1 atom stereocenters. The molecule has 11 heteroatoms. The third kappa shape index (κ3) is 4.51. The van der Waals surface area contributed by atoms with E-state index in [1.54, 1.807) is 30.3 Å². The Hall–Kier alpha value is -4.67. The highest BCUT2D eigenvalue weighted by Crippen LogP contribution is 2.33. The number of carbonyl (C=O) groups excluding carboxylic acids is 4. The highest BCUT2D eigenvalue weighted by Gasteiger charge is 2.40. The van der Waals surface area contributed by atoms with E-state index in [4.69, 9.17) is 4.74 Å². The normalized spacial score (nSPS) is 16.9. The van der Waals surface area contributed by atoms with Gasteiger partial charge in [-0.25, -0.2) is 13.6 Å². The van der Waals surface area contributed by atoms with Crippen LogP contribution in [0.1, 0.15) is 28.8 Å². The number of benzene rings is 2. The molecular weight excluding hydrogens is 486 g/mol. The molecule has 3 heterocycles. The summed E-state index contributed by atoms with van der Waals surface area (Å²) in [6.45, 7) is -0.138. The number of hydrogen-bond donors (Lipinski definition) is 1. The Morgan fingerprint density at radius 3 is 2.57 bits per heavy atom. The number of nitrogens with zero attached hydrogens (tertiary/aromatic N) is 3. The summed E-state index contributed by atoms with van der Waals surface area (Å²) in [5, 5.41) is 2.19. The number of ether oxygens (including phenoxy) is 1. The number of rotatable bonds is 4. The Morgan fingerprint density at radius 1 is 1.08 bits per heavy atom. The Labute approximate surface area is 209 Å². The molecule has 1 unspecified atom stereocenters. The zero-order chi connectivity index (χ0) is 26.3. The minimum atomic E-state index is -0.894. The standard InChI is InChI=1S/C26H20F2N4O5/c1-31(14-6-7-21(29-12-14)16-4-2-3-5-19(16)27)26(36)37-15-10-17-18(20(28)11-15)13-32(25(17)35)22-8-9-23(33)30-24(22)34/h2-7,10-12,22H,8-9,13H2,1H3,(H,30,33,34). The van der Waals surface area contributed by atoms with Gasteiger partial charge in [0.15, 0.2) is 0 Å². The van der Waals surface area contributed by atoms with Crippen LogP contribution in [0, 0.1) is 11.6 Å². The van der Waals surface area contributed by atoms with Crippen LogP contribution in [-0.2, 0) is 16.1 Å². The lowest BCUT2D eigenvalue weighted by Gasteiger charge is -2.29. The van der Waals surface area contributed by atoms with Gasteiger partial charge in [0, 0.05) is 30.7 Å². The van der Waals surface area contributed by atoms with E-state index in [1.807, 2.05) is 0 Å². The summed E-state index contributed by atoms with van der Waals surface area (Å²) in [6.07, 6.45) is 0.715. The summed E-state index contributed by atoms with van der Waals surface area (Å²) in [5.74, 6) is -3.01. The van der Waals surface area contributed by atoms with Gasteiger partial charge in [0.1, 0.15) is 23.4 Å². The van der Waals surface area contributed by atoms with Gasteiger partial charge in [-0.1, -0.05) is 12.1 Å². The van der Waals surface area contributed by atoms with Crippen molar-refractivity contribution in [1.82, 2.24) is 15.2 Å². The lowest BCUT2D eigenvalue weighted by molar-refractivity contribution is -0.136. The van der Waals surface area contributed by atoms with Crippen LogP contribution in [0.15, 0.2) is 54.7 Å². The highest BCUT2D eigenvalue weighted by molar-refractivity contribution is 6.05. The molecule has 2 aliphatic rings. The van der Waals surface area contributed by atoms with Crippen molar-refractivity contribution in [3.05, 3.63) is 77.5 Å². The zero-order valence-corrected chi connectivity index (χ0v) is 19.5. The molecular formula is C26H20F2N4O5. The van der Waals surface area contributed by atoms with Crippen LogP contribution in [0.2, 0.25) is 0 Å². The molecule has 1 saturated heterocycles. The van der Waals surface area contributed by atoms with Crippen molar-refractivity contribution in [3.63, 3.8) is 0 Å². The van der Waals surface area contributed by atoms with Crippen LogP contribution in [0.4, 0.5) is 19.3 Å². The molecule has 37 heavy (non-hydrogen) atoms. The second-order valence-electron chi connectivity index (χ2n) is 8.64. The number of imide groups is 1. The SMILES string of the molecule is CN(C(=O)Oc1cc(F)c2c(c1)C(=O)N(C1CCC(=O)NC1=O)C2)c1ccc(-c2ccccc2F)nc1. The number of fused-ring (bicyclic) bond motifs is 1. The predicted octanol–water partition coefficient (Wildman–Crippen LogP) is 3.42. The molecule has 3 aromatic rings. The maximum atomic E-state index is 14.9. The minimum absolute atomic E-state index is 0.0222. The zero-order valence-electron chi connectivity index (χ0n) is 19.5. The molecule has 0 bridgehead atoms. The summed E-state index contributed by atoms with van der Waals surface area (Å²) < 4.78 is 34.2. The van der Waals surface area contributed by atoms with E-state index in [0.717, 1.165) is 11.0 Å². The molecule has 2 aromatic carbocycles. The first-order valence-corrected chi connectivity index (χ1v) is 11.4. The van der Waals surface area contributed by atoms with Crippen LogP contribution in [0.25, 0.3) is 11.3 Å². The molecule has 0 spiro atoms. The van der Waals surface area contributed by atoms with Crippen molar-refractivity contribution in [2.24, 2.45) is 0 Å². The highest BCUT2D eigenvalue weighted by atomic mass is 19.1. The van der Waals surface area contributed by atoms with Gasteiger partial charge in [-0.3, -0.25) is 29.6 Å². The van der Waals surface area contributed by atoms with Crippen molar-refractivity contribution >= 4 is 29.5 Å². The third-order valence-electron chi connectivity index (χ3n) is 6.34. The molecule has 0 radical (unpaired) electrons. The van der Waals surface area contributed by atoms with Crippen molar-refractivity contribution in [2.75, 3.05) is 11.9 Å². The Morgan fingerprint density at radius 2 is 1.86 bits per heavy atom. The van der Waals surface area contributed by atoms with Gasteiger partial charge >= 0.3 is 6.09 Å². The van der Waals surface area contributed by atoms with E-state index < -0.39 is 41.5 Å². The van der Waals surface area contributed by atoms with Gasteiger partial charge in [-0.2, -0.15) is 0 Å². The third-order valence-corrected chi connectivity index (χ3v) is 6.34. The van der Waals surface area contributed by atoms with Gasteiger partial charge in [0.25, 0.3) is 5.91 Å². The lowest BCUT2D eigenvalue weighted by atomic mass is 10.0. The molecule has 9 nitrogen and oxygen atoms in total. The quantitative estimate of drug-likeness (QED) is 0.544. The maximum Gasteiger partial charge on any atom is 0.419 e. The number of piperidine rings is 1. The minimum Gasteiger partial charge on any atom is -0.410 e. The number of amides is 4. The van der Waals surface area contributed by atoms with Crippen molar-refractivity contribution in [1.29, 1.82) is 0 Å². The first kappa shape index (κ1) is 24.0. The number of anilines is 1. The summed E-state index contributed by atoms with van der Waals surface area (Å²) in [4.78, 5) is 55.8. The average Bonchev–Trinajstić information content (AvgIpc) is 3.20. The monoisotopic (exact) mass is 506 g/mol. The van der Waals surface area contributed by atoms with Crippen LogP contribution in [0.5, 0.6) is 5.75 Å². The Kier molecular flexibility index (Phi) is 6.12. The van der Waals surface area contributed by atoms with E-state index in [-0.39, 0.29) is 36.3 Å². The second-order valence-corrected chi connectivity index (χ2v) is 8.64. The summed E-state index contributed by atoms with van der Waals surface area (Å²) in [7, 11) is 1.42. The second kappa shape index (κ2) is 9.41. The van der Waals surface area contributed by atoms with Crippen molar-refractivity contribution in [3.8, 4) is 17.0 Å². The number of halogens is 2. The Balaban J connectivity index is 1.30. The van der Waals surface area contributed by atoms with Crippen LogP contribution in [0.3, 0.4) is 0 Å². The van der Waals surface area contributed by atoms with E-state index in [1.165, 1.54) is 30.3 Å². The number of aromatic nitrogens is 1. The van der Waals surface area contributed by atoms with Crippen LogP contribution < -0.4 is 15.0 Å². The molecule has 1 aromatic heterocycles. The molecule has 2 aliphatic heterocycles.